The van der Waals surface area contributed by atoms with E-state index >= 15 is 0 Å². The van der Waals surface area contributed by atoms with Crippen LogP contribution >= 0.6 is 11.6 Å². The van der Waals surface area contributed by atoms with E-state index in [1.54, 1.807) is 0 Å². The second kappa shape index (κ2) is 9.99. The van der Waals surface area contributed by atoms with E-state index in [1.807, 2.05) is 58.3 Å². The van der Waals surface area contributed by atoms with Crippen LogP contribution in [0.15, 0.2) is 42.7 Å². The molecule has 1 aliphatic rings. The molecule has 0 bridgehead atoms. The largest absolute Gasteiger partial charge is 0.390 e. The van der Waals surface area contributed by atoms with Gasteiger partial charge in [0.1, 0.15) is 0 Å². The van der Waals surface area contributed by atoms with Gasteiger partial charge in [-0.25, -0.2) is 0 Å². The molecule has 1 aromatic carbocycles. The first-order valence-corrected chi connectivity index (χ1v) is 11.5. The van der Waals surface area contributed by atoms with E-state index in [-0.39, 0.29) is 0 Å². The number of nitrogens with zero attached hydrogens (tertiary/aromatic N) is 3. The summed E-state index contributed by atoms with van der Waals surface area (Å²) in [6.07, 6.45) is 7.64. The number of rotatable bonds is 5. The highest BCUT2D eigenvalue weighted by Crippen LogP contribution is 2.34. The van der Waals surface area contributed by atoms with Gasteiger partial charge in [0.05, 0.1) is 11.1 Å². The van der Waals surface area contributed by atoms with Crippen LogP contribution in [-0.2, 0) is 13.0 Å². The Balaban J connectivity index is 0.00000132. The van der Waals surface area contributed by atoms with Gasteiger partial charge in [0.25, 0.3) is 0 Å². The lowest BCUT2D eigenvalue weighted by molar-refractivity contribution is 0.0558. The van der Waals surface area contributed by atoms with Crippen molar-refractivity contribution in [2.75, 3.05) is 13.1 Å². The van der Waals surface area contributed by atoms with Gasteiger partial charge in [-0.3, -0.25) is 9.88 Å². The average molecular weight is 440 g/mol. The first kappa shape index (κ1) is 23.5. The predicted molar refractivity (Wildman–Crippen MR) is 132 cm³/mol. The highest BCUT2D eigenvalue weighted by Gasteiger charge is 2.25. The fourth-order valence-corrected chi connectivity index (χ4v) is 4.25. The molecular formula is C26H34ClN3O. The third-order valence-corrected chi connectivity index (χ3v) is 5.96. The van der Waals surface area contributed by atoms with Gasteiger partial charge in [0.15, 0.2) is 0 Å². The Bertz CT molecular complexity index is 1050. The summed E-state index contributed by atoms with van der Waals surface area (Å²) in [5.74, 6) is 0. The van der Waals surface area contributed by atoms with Crippen LogP contribution in [0.5, 0.6) is 0 Å². The number of halogens is 1. The molecule has 0 amide bonds. The van der Waals surface area contributed by atoms with Crippen molar-refractivity contribution in [1.82, 2.24) is 14.5 Å². The highest BCUT2D eigenvalue weighted by molar-refractivity contribution is 6.31. The normalized spacial score (nSPS) is 14.9. The molecule has 0 unspecified atom stereocenters. The summed E-state index contributed by atoms with van der Waals surface area (Å²) in [6, 6.07) is 10.3. The van der Waals surface area contributed by atoms with E-state index < -0.39 is 5.60 Å². The molecule has 31 heavy (non-hydrogen) atoms. The molecule has 4 nitrogen and oxygen atoms in total. The van der Waals surface area contributed by atoms with Crippen LogP contribution < -0.4 is 0 Å². The molecule has 1 N–H and O–H groups in total. The van der Waals surface area contributed by atoms with Gasteiger partial charge in [-0.2, -0.15) is 0 Å². The van der Waals surface area contributed by atoms with Gasteiger partial charge in [-0.05, 0) is 74.2 Å². The summed E-state index contributed by atoms with van der Waals surface area (Å²) < 4.78 is 2.34. The predicted octanol–water partition coefficient (Wildman–Crippen LogP) is 6.25. The molecule has 0 spiro atoms. The number of aromatic nitrogens is 2. The Kier molecular flexibility index (Phi) is 7.58. The number of hydrogen-bond acceptors (Lipinski definition) is 3. The Labute approximate surface area is 191 Å². The standard InChI is InChI=1S/C24H28ClN3O.C2H6/c1-17(18-6-10-26-11-7-18)15-28-22-5-4-19(25)14-20(22)21-16-27(12-8-23(21)28)13-9-24(2,3)29;1-2/h4-7,10-11,14-15,29H,8-9,12-13,16H2,1-3H3;1-2H3/b17-15+;. The maximum Gasteiger partial charge on any atom is 0.0603 e. The van der Waals surface area contributed by atoms with Gasteiger partial charge in [0.2, 0.25) is 0 Å². The molecular weight excluding hydrogens is 406 g/mol. The van der Waals surface area contributed by atoms with Crippen molar-refractivity contribution in [3.05, 3.63) is 64.6 Å². The minimum Gasteiger partial charge on any atom is -0.390 e. The van der Waals surface area contributed by atoms with Crippen molar-refractivity contribution in [1.29, 1.82) is 0 Å². The van der Waals surface area contributed by atoms with E-state index in [0.29, 0.717) is 0 Å². The van der Waals surface area contributed by atoms with Crippen molar-refractivity contribution >= 4 is 34.3 Å². The summed E-state index contributed by atoms with van der Waals surface area (Å²) >= 11 is 6.35. The molecule has 166 valence electrons. The van der Waals surface area contributed by atoms with Gasteiger partial charge in [0, 0.05) is 60.8 Å². The fourth-order valence-electron chi connectivity index (χ4n) is 4.07. The number of fused-ring (bicyclic) bond motifs is 3. The van der Waals surface area contributed by atoms with Crippen molar-refractivity contribution in [2.45, 2.75) is 59.6 Å². The van der Waals surface area contributed by atoms with Crippen LogP contribution in [0, 0.1) is 0 Å². The lowest BCUT2D eigenvalue weighted by Gasteiger charge is -2.30. The Morgan fingerprint density at radius 3 is 2.58 bits per heavy atom. The van der Waals surface area contributed by atoms with Gasteiger partial charge in [-0.1, -0.05) is 25.4 Å². The minimum atomic E-state index is -0.637. The highest BCUT2D eigenvalue weighted by atomic mass is 35.5. The van der Waals surface area contributed by atoms with E-state index in [2.05, 4.69) is 39.7 Å². The van der Waals surface area contributed by atoms with Crippen molar-refractivity contribution in [3.63, 3.8) is 0 Å². The maximum atomic E-state index is 10.1. The molecule has 4 rings (SSSR count). The minimum absolute atomic E-state index is 0.637. The molecule has 5 heteroatoms. The van der Waals surface area contributed by atoms with Crippen LogP contribution in [-0.4, -0.2) is 38.2 Å². The monoisotopic (exact) mass is 439 g/mol. The van der Waals surface area contributed by atoms with E-state index in [9.17, 15) is 5.11 Å². The van der Waals surface area contributed by atoms with Crippen LogP contribution in [0.3, 0.4) is 0 Å². The topological polar surface area (TPSA) is 41.3 Å². The van der Waals surface area contributed by atoms with Gasteiger partial charge in [-0.15, -0.1) is 0 Å². The third kappa shape index (κ3) is 5.57. The lowest BCUT2D eigenvalue weighted by atomic mass is 10.0. The summed E-state index contributed by atoms with van der Waals surface area (Å²) in [5, 5.41) is 12.1. The molecule has 0 aliphatic carbocycles. The maximum absolute atomic E-state index is 10.1. The zero-order valence-corrected chi connectivity index (χ0v) is 20.1. The molecule has 1 aliphatic heterocycles. The van der Waals surface area contributed by atoms with Gasteiger partial charge < -0.3 is 9.67 Å². The summed E-state index contributed by atoms with van der Waals surface area (Å²) in [6.45, 7) is 12.7. The smallest absolute Gasteiger partial charge is 0.0603 e. The first-order valence-electron chi connectivity index (χ1n) is 11.2. The lowest BCUT2D eigenvalue weighted by Crippen LogP contribution is -2.35. The number of aliphatic hydroxyl groups is 1. The molecule has 2 aromatic heterocycles. The van der Waals surface area contributed by atoms with Crippen molar-refractivity contribution in [2.24, 2.45) is 0 Å². The summed E-state index contributed by atoms with van der Waals surface area (Å²) in [5.41, 5.74) is 5.64. The van der Waals surface area contributed by atoms with E-state index in [0.717, 1.165) is 37.5 Å². The number of benzene rings is 1. The van der Waals surface area contributed by atoms with E-state index in [1.165, 1.54) is 33.3 Å². The first-order chi connectivity index (χ1) is 14.8. The fraction of sp³-hybridized carbons (Fsp3) is 0.423. The Morgan fingerprint density at radius 1 is 1.19 bits per heavy atom. The van der Waals surface area contributed by atoms with Crippen LogP contribution in [0.2, 0.25) is 5.02 Å². The zero-order valence-electron chi connectivity index (χ0n) is 19.3. The number of hydrogen-bond donors (Lipinski definition) is 1. The molecule has 3 heterocycles. The Hall–Kier alpha value is -2.14. The summed E-state index contributed by atoms with van der Waals surface area (Å²) in [4.78, 5) is 6.56. The average Bonchev–Trinajstić information content (AvgIpc) is 3.06. The molecule has 0 saturated heterocycles. The second-order valence-electron chi connectivity index (χ2n) is 8.59. The number of pyridine rings is 1. The zero-order chi connectivity index (χ0) is 22.6. The second-order valence-corrected chi connectivity index (χ2v) is 9.03. The molecule has 3 aromatic rings. The number of allylic oxidation sites excluding steroid dienone is 1. The molecule has 0 saturated carbocycles. The van der Waals surface area contributed by atoms with Crippen molar-refractivity contribution in [3.8, 4) is 0 Å². The SMILES string of the molecule is C/C(=C\n1c2c(c3cc(Cl)ccc31)CN(CCC(C)(C)O)CC2)c1ccncc1.CC. The molecule has 0 atom stereocenters. The molecule has 0 fully saturated rings. The Morgan fingerprint density at radius 2 is 1.90 bits per heavy atom. The van der Waals surface area contributed by atoms with Crippen LogP contribution in [0.4, 0.5) is 0 Å². The van der Waals surface area contributed by atoms with E-state index in [4.69, 9.17) is 11.6 Å². The third-order valence-electron chi connectivity index (χ3n) is 5.73. The molecule has 0 radical (unpaired) electrons. The van der Waals surface area contributed by atoms with Crippen LogP contribution in [0.1, 0.15) is 57.9 Å². The summed E-state index contributed by atoms with van der Waals surface area (Å²) in [7, 11) is 0. The van der Waals surface area contributed by atoms with Gasteiger partial charge >= 0.3 is 0 Å². The van der Waals surface area contributed by atoms with Crippen LogP contribution in [0.25, 0.3) is 22.7 Å². The quantitative estimate of drug-likeness (QED) is 0.510. The van der Waals surface area contributed by atoms with Crippen molar-refractivity contribution < 1.29 is 5.11 Å².